The van der Waals surface area contributed by atoms with Crippen LogP contribution in [0, 0.1) is 0 Å². The van der Waals surface area contributed by atoms with Crippen LogP contribution >= 0.6 is 0 Å². The molecule has 0 saturated carbocycles. The van der Waals surface area contributed by atoms with E-state index >= 15 is 0 Å². The zero-order valence-corrected chi connectivity index (χ0v) is 14.7. The number of methoxy groups -OCH3 is 2. The molecule has 1 N–H and O–H groups in total. The van der Waals surface area contributed by atoms with Gasteiger partial charge in [0.15, 0.2) is 0 Å². The van der Waals surface area contributed by atoms with Crippen molar-refractivity contribution < 1.29 is 23.7 Å². The van der Waals surface area contributed by atoms with E-state index in [4.69, 9.17) is 18.9 Å². The molecule has 3 unspecified atom stereocenters. The fraction of sp³-hybridized carbons (Fsp3) is 0.933. The van der Waals surface area contributed by atoms with Crippen LogP contribution in [0.4, 0.5) is 4.79 Å². The van der Waals surface area contributed by atoms with Gasteiger partial charge in [-0.05, 0) is 32.4 Å². The molecule has 3 atom stereocenters. The molecule has 0 aromatic rings. The number of alkyl carbamates (subject to hydrolysis) is 1. The third-order valence-electron chi connectivity index (χ3n) is 4.25. The van der Waals surface area contributed by atoms with Gasteiger partial charge in [0.1, 0.15) is 6.10 Å². The molecular formula is C15H30BNO5. The van der Waals surface area contributed by atoms with Crippen molar-refractivity contribution in [2.45, 2.75) is 63.5 Å². The smallest absolute Gasteiger partial charge is 0.407 e. The maximum absolute atomic E-state index is 12.1. The van der Waals surface area contributed by atoms with Crippen LogP contribution < -0.4 is 5.32 Å². The van der Waals surface area contributed by atoms with Crippen LogP contribution in [0.3, 0.4) is 0 Å². The fourth-order valence-corrected chi connectivity index (χ4v) is 3.27. The van der Waals surface area contributed by atoms with Gasteiger partial charge in [0.05, 0.1) is 18.2 Å². The lowest BCUT2D eigenvalue weighted by atomic mass is 9.46. The van der Waals surface area contributed by atoms with Crippen LogP contribution in [-0.4, -0.2) is 58.7 Å². The van der Waals surface area contributed by atoms with Crippen molar-refractivity contribution in [3.05, 3.63) is 0 Å². The Balaban J connectivity index is 2.65. The molecule has 0 aromatic carbocycles. The summed E-state index contributed by atoms with van der Waals surface area (Å²) >= 11 is 0. The van der Waals surface area contributed by atoms with E-state index in [1.165, 1.54) is 0 Å². The maximum atomic E-state index is 12.1. The van der Waals surface area contributed by atoms with Gasteiger partial charge < -0.3 is 24.2 Å². The molecule has 0 radical (unpaired) electrons. The molecule has 0 aliphatic carbocycles. The summed E-state index contributed by atoms with van der Waals surface area (Å²) < 4.78 is 21.9. The predicted octanol–water partition coefficient (Wildman–Crippen LogP) is 2.34. The van der Waals surface area contributed by atoms with Gasteiger partial charge in [-0.15, -0.1) is 0 Å². The molecule has 1 heterocycles. The second-order valence-electron chi connectivity index (χ2n) is 6.51. The normalized spacial score (nSPS) is 25.9. The van der Waals surface area contributed by atoms with Gasteiger partial charge in [0.2, 0.25) is 0 Å². The first-order valence-corrected chi connectivity index (χ1v) is 7.91. The Labute approximate surface area is 134 Å². The van der Waals surface area contributed by atoms with E-state index in [1.807, 2.05) is 13.8 Å². The van der Waals surface area contributed by atoms with E-state index < -0.39 is 11.6 Å². The third-order valence-corrected chi connectivity index (χ3v) is 4.25. The van der Waals surface area contributed by atoms with Gasteiger partial charge >= 0.3 is 6.09 Å². The summed E-state index contributed by atoms with van der Waals surface area (Å²) in [7, 11) is 4.99. The number of hydrogen-bond acceptors (Lipinski definition) is 5. The Morgan fingerprint density at radius 3 is 2.50 bits per heavy atom. The molecule has 1 rings (SSSR count). The van der Waals surface area contributed by atoms with Crippen molar-refractivity contribution in [3.8, 4) is 0 Å². The zero-order chi connectivity index (χ0) is 16.8. The van der Waals surface area contributed by atoms with Crippen LogP contribution in [0.1, 0.15) is 33.6 Å². The second kappa shape index (κ2) is 8.74. The fourth-order valence-electron chi connectivity index (χ4n) is 3.27. The summed E-state index contributed by atoms with van der Waals surface area (Å²) in [5.41, 5.74) is -0.470. The van der Waals surface area contributed by atoms with Crippen LogP contribution in [0.2, 0.25) is 12.1 Å². The number of rotatable bonds is 7. The highest BCUT2D eigenvalue weighted by Crippen LogP contribution is 2.36. The predicted molar refractivity (Wildman–Crippen MR) is 86.4 cm³/mol. The molecule has 128 valence electrons. The van der Waals surface area contributed by atoms with Crippen molar-refractivity contribution in [3.63, 3.8) is 0 Å². The Kier molecular flexibility index (Phi) is 7.66. The van der Waals surface area contributed by atoms with Crippen molar-refractivity contribution in [1.82, 2.24) is 5.32 Å². The Hall–Kier alpha value is -0.785. The third kappa shape index (κ3) is 5.14. The second-order valence-corrected chi connectivity index (χ2v) is 6.51. The van der Waals surface area contributed by atoms with Crippen molar-refractivity contribution in [1.29, 1.82) is 0 Å². The standard InChI is InChI=1S/C15H30BNO5/c1-7-11-13(20-5)12(8-9-16(11)21-6)22-14(18)17-15(2,3)10-19-4/h11-13H,7-10H2,1-6H3,(H,17,18). The number of amides is 1. The van der Waals surface area contributed by atoms with Crippen LogP contribution in [-0.2, 0) is 18.9 Å². The summed E-state index contributed by atoms with van der Waals surface area (Å²) in [5, 5.41) is 2.83. The van der Waals surface area contributed by atoms with Gasteiger partial charge in [-0.1, -0.05) is 13.3 Å². The number of nitrogens with one attached hydrogen (secondary N) is 1. The van der Waals surface area contributed by atoms with E-state index in [0.717, 1.165) is 19.2 Å². The maximum Gasteiger partial charge on any atom is 0.407 e. The molecular weight excluding hydrogens is 285 g/mol. The summed E-state index contributed by atoms with van der Waals surface area (Å²) in [6, 6.07) is 0. The molecule has 7 heteroatoms. The highest BCUT2D eigenvalue weighted by Gasteiger charge is 2.43. The molecule has 22 heavy (non-hydrogen) atoms. The lowest BCUT2D eigenvalue weighted by molar-refractivity contribution is -0.0388. The first kappa shape index (κ1) is 19.3. The largest absolute Gasteiger partial charge is 0.444 e. The lowest BCUT2D eigenvalue weighted by Gasteiger charge is -2.39. The minimum atomic E-state index is -0.470. The number of ether oxygens (including phenoxy) is 3. The van der Waals surface area contributed by atoms with Crippen LogP contribution in [0.15, 0.2) is 0 Å². The molecule has 0 bridgehead atoms. The van der Waals surface area contributed by atoms with Crippen molar-refractivity contribution in [2.24, 2.45) is 0 Å². The highest BCUT2D eigenvalue weighted by atomic mass is 16.6. The van der Waals surface area contributed by atoms with Gasteiger partial charge in [0.25, 0.3) is 6.92 Å². The summed E-state index contributed by atoms with van der Waals surface area (Å²) in [6.07, 6.45) is 1.72. The minimum absolute atomic E-state index is 0.139. The molecule has 1 amide bonds. The van der Waals surface area contributed by atoms with E-state index in [2.05, 4.69) is 12.2 Å². The summed E-state index contributed by atoms with van der Waals surface area (Å²) in [6.45, 7) is 6.46. The van der Waals surface area contributed by atoms with Gasteiger partial charge in [-0.25, -0.2) is 4.79 Å². The summed E-state index contributed by atoms with van der Waals surface area (Å²) in [5.74, 6) is 0.230. The van der Waals surface area contributed by atoms with E-state index in [1.54, 1.807) is 21.3 Å². The lowest BCUT2D eigenvalue weighted by Crippen LogP contribution is -2.51. The average Bonchev–Trinajstić information content (AvgIpc) is 2.45. The molecule has 0 aromatic heterocycles. The van der Waals surface area contributed by atoms with Gasteiger partial charge in [0, 0.05) is 21.3 Å². The number of carbonyl (C=O) groups is 1. The molecule has 1 aliphatic heterocycles. The molecule has 1 aliphatic rings. The summed E-state index contributed by atoms with van der Waals surface area (Å²) in [4.78, 5) is 12.1. The molecule has 6 nitrogen and oxygen atoms in total. The average molecular weight is 315 g/mol. The highest BCUT2D eigenvalue weighted by molar-refractivity contribution is 6.54. The monoisotopic (exact) mass is 315 g/mol. The SMILES string of the molecule is CCC1B(OC)CCC(OC(=O)NC(C)(C)COC)C1OC. The minimum Gasteiger partial charge on any atom is -0.444 e. The molecule has 1 saturated heterocycles. The topological polar surface area (TPSA) is 66.0 Å². The van der Waals surface area contributed by atoms with Crippen LogP contribution in [0.25, 0.3) is 0 Å². The van der Waals surface area contributed by atoms with Crippen LogP contribution in [0.5, 0.6) is 0 Å². The van der Waals surface area contributed by atoms with E-state index in [9.17, 15) is 4.79 Å². The first-order valence-electron chi connectivity index (χ1n) is 7.91. The molecule has 0 spiro atoms. The van der Waals surface area contributed by atoms with Crippen molar-refractivity contribution >= 4 is 13.0 Å². The Morgan fingerprint density at radius 1 is 1.32 bits per heavy atom. The van der Waals surface area contributed by atoms with Gasteiger partial charge in [-0.3, -0.25) is 0 Å². The van der Waals surface area contributed by atoms with Gasteiger partial charge in [-0.2, -0.15) is 0 Å². The van der Waals surface area contributed by atoms with Crippen molar-refractivity contribution in [2.75, 3.05) is 27.9 Å². The Morgan fingerprint density at radius 2 is 2.00 bits per heavy atom. The number of hydrogen-bond donors (Lipinski definition) is 1. The first-order chi connectivity index (χ1) is 10.4. The molecule has 1 fully saturated rings. The number of carbonyl (C=O) groups excluding carboxylic acids is 1. The quantitative estimate of drug-likeness (QED) is 0.731. The Bertz CT molecular complexity index is 353. The zero-order valence-electron chi connectivity index (χ0n) is 14.7. The van der Waals surface area contributed by atoms with E-state index in [-0.39, 0.29) is 24.9 Å². The van der Waals surface area contributed by atoms with E-state index in [0.29, 0.717) is 6.61 Å².